The van der Waals surface area contributed by atoms with E-state index < -0.39 is 0 Å². The highest BCUT2D eigenvalue weighted by Crippen LogP contribution is 2.36. The van der Waals surface area contributed by atoms with E-state index in [1.807, 2.05) is 59.1 Å². The fraction of sp³-hybridized carbons (Fsp3) is 0.400. The van der Waals surface area contributed by atoms with Crippen molar-refractivity contribution < 1.29 is 0 Å². The molecule has 0 aromatic heterocycles. The van der Waals surface area contributed by atoms with Crippen molar-refractivity contribution in [1.82, 2.24) is 9.80 Å². The van der Waals surface area contributed by atoms with Crippen molar-refractivity contribution in [1.29, 1.82) is 0 Å². The molecule has 0 atom stereocenters. The number of anilines is 2. The molecule has 0 saturated heterocycles. The van der Waals surface area contributed by atoms with Gasteiger partial charge in [0, 0.05) is 61.8 Å². The maximum absolute atomic E-state index is 4.48. The van der Waals surface area contributed by atoms with Crippen LogP contribution in [0.15, 0.2) is 46.4 Å². The summed E-state index contributed by atoms with van der Waals surface area (Å²) >= 11 is 0. The minimum absolute atomic E-state index is 0.884. The number of hydrogen-bond acceptors (Lipinski definition) is 2. The summed E-state index contributed by atoms with van der Waals surface area (Å²) in [5.41, 5.74) is 2.17. The van der Waals surface area contributed by atoms with E-state index in [2.05, 4.69) is 63.2 Å². The highest BCUT2D eigenvalue weighted by Gasteiger charge is 2.22. The summed E-state index contributed by atoms with van der Waals surface area (Å²) in [5.74, 6) is 1.77. The Morgan fingerprint density at radius 2 is 1.23 bits per heavy atom. The number of hydrogen-bond donors (Lipinski definition) is 0. The molecule has 0 aliphatic heterocycles. The molecule has 0 N–H and O–H groups in total. The number of nitrogens with zero attached hydrogens (tertiary/aromatic N) is 6. The van der Waals surface area contributed by atoms with E-state index in [4.69, 9.17) is 0 Å². The summed E-state index contributed by atoms with van der Waals surface area (Å²) < 4.78 is 0. The van der Waals surface area contributed by atoms with Gasteiger partial charge in [0.25, 0.3) is 0 Å². The van der Waals surface area contributed by atoms with E-state index in [0.29, 0.717) is 0 Å². The first-order valence-corrected chi connectivity index (χ1v) is 8.60. The van der Waals surface area contributed by atoms with E-state index in [0.717, 1.165) is 23.3 Å². The molecule has 0 aliphatic rings. The van der Waals surface area contributed by atoms with Crippen molar-refractivity contribution in [3.63, 3.8) is 0 Å². The average Bonchev–Trinajstić information content (AvgIpc) is 2.60. The van der Waals surface area contributed by atoms with Gasteiger partial charge in [0.05, 0.1) is 11.4 Å². The fourth-order valence-corrected chi connectivity index (χ4v) is 3.37. The third-order valence-electron chi connectivity index (χ3n) is 4.38. The summed E-state index contributed by atoms with van der Waals surface area (Å²) in [7, 11) is 15.7. The Balaban J connectivity index is 2.76. The van der Waals surface area contributed by atoms with E-state index in [1.54, 1.807) is 0 Å². The topological polar surface area (TPSA) is 37.7 Å². The molecule has 2 aromatic carbocycles. The predicted molar refractivity (Wildman–Crippen MR) is 115 cm³/mol. The second-order valence-electron chi connectivity index (χ2n) is 6.61. The SMILES string of the molecule is C/N=C(\N(C)C)N(C)c1ccc2ccccc2c1N(C)/C(=N/C)N(C)C. The summed E-state index contributed by atoms with van der Waals surface area (Å²) in [6.07, 6.45) is 0. The van der Waals surface area contributed by atoms with Gasteiger partial charge in [-0.1, -0.05) is 30.3 Å². The first kappa shape index (κ1) is 19.6. The number of rotatable bonds is 2. The lowest BCUT2D eigenvalue weighted by atomic mass is 10.1. The molecule has 2 aromatic rings. The lowest BCUT2D eigenvalue weighted by molar-refractivity contribution is 0.605. The van der Waals surface area contributed by atoms with Crippen LogP contribution in [0.5, 0.6) is 0 Å². The number of guanidine groups is 2. The van der Waals surface area contributed by atoms with Gasteiger partial charge in [0.1, 0.15) is 0 Å². The first-order chi connectivity index (χ1) is 12.3. The molecule has 0 spiro atoms. The van der Waals surface area contributed by atoms with Gasteiger partial charge in [-0.25, -0.2) is 0 Å². The molecule has 0 amide bonds. The maximum Gasteiger partial charge on any atom is 0.200 e. The van der Waals surface area contributed by atoms with Gasteiger partial charge >= 0.3 is 0 Å². The lowest BCUT2D eigenvalue weighted by Crippen LogP contribution is -2.41. The second-order valence-corrected chi connectivity index (χ2v) is 6.61. The summed E-state index contributed by atoms with van der Waals surface area (Å²) in [4.78, 5) is 17.2. The lowest BCUT2D eigenvalue weighted by Gasteiger charge is -2.33. The zero-order chi connectivity index (χ0) is 19.4. The molecule has 6 nitrogen and oxygen atoms in total. The molecule has 0 bridgehead atoms. The Morgan fingerprint density at radius 3 is 1.77 bits per heavy atom. The zero-order valence-corrected chi connectivity index (χ0v) is 17.1. The minimum atomic E-state index is 0.884. The van der Waals surface area contributed by atoms with Crippen LogP contribution in [0, 0.1) is 0 Å². The third kappa shape index (κ3) is 3.59. The molecule has 2 rings (SSSR count). The predicted octanol–water partition coefficient (Wildman–Crippen LogP) is 2.81. The highest BCUT2D eigenvalue weighted by atomic mass is 15.4. The first-order valence-electron chi connectivity index (χ1n) is 8.60. The molecule has 0 heterocycles. The molecule has 140 valence electrons. The average molecular weight is 355 g/mol. The molecule has 26 heavy (non-hydrogen) atoms. The van der Waals surface area contributed by atoms with Crippen LogP contribution in [-0.2, 0) is 0 Å². The van der Waals surface area contributed by atoms with Crippen LogP contribution < -0.4 is 9.80 Å². The molecule has 0 radical (unpaired) electrons. The largest absolute Gasteiger partial charge is 0.349 e. The monoisotopic (exact) mass is 354 g/mol. The summed E-state index contributed by atoms with van der Waals surface area (Å²) in [6, 6.07) is 12.7. The summed E-state index contributed by atoms with van der Waals surface area (Å²) in [5, 5.41) is 2.37. The molecule has 0 unspecified atom stereocenters. The Hall–Kier alpha value is -2.76. The Labute approximate surface area is 157 Å². The second kappa shape index (κ2) is 8.08. The van der Waals surface area contributed by atoms with Crippen molar-refractivity contribution in [3.05, 3.63) is 36.4 Å². The van der Waals surface area contributed by atoms with Crippen LogP contribution in [0.1, 0.15) is 0 Å². The van der Waals surface area contributed by atoms with Crippen LogP contribution in [0.25, 0.3) is 10.8 Å². The van der Waals surface area contributed by atoms with Crippen molar-refractivity contribution in [3.8, 4) is 0 Å². The van der Waals surface area contributed by atoms with Gasteiger partial charge < -0.3 is 19.6 Å². The molecule has 6 heteroatoms. The standard InChI is InChI=1S/C20H30N6/c1-21-19(23(3)4)25(7)17-14-13-15-11-9-10-12-16(15)18(17)26(8)20(22-2)24(5)6/h9-14H,1-8H3/b21-19+,22-20+. The molecule has 0 aliphatic carbocycles. The van der Waals surface area contributed by atoms with Crippen LogP contribution in [0.3, 0.4) is 0 Å². The highest BCUT2D eigenvalue weighted by molar-refractivity contribution is 6.12. The quantitative estimate of drug-likeness (QED) is 0.614. The third-order valence-corrected chi connectivity index (χ3v) is 4.38. The molecule has 0 fully saturated rings. The van der Waals surface area contributed by atoms with Crippen molar-refractivity contribution in [2.24, 2.45) is 9.98 Å². The van der Waals surface area contributed by atoms with Gasteiger partial charge in [-0.2, -0.15) is 0 Å². The Morgan fingerprint density at radius 1 is 0.692 bits per heavy atom. The van der Waals surface area contributed by atoms with Crippen molar-refractivity contribution in [2.45, 2.75) is 0 Å². The Kier molecular flexibility index (Phi) is 6.08. The number of fused-ring (bicyclic) bond motifs is 1. The van der Waals surface area contributed by atoms with Gasteiger partial charge in [-0.3, -0.25) is 9.98 Å². The van der Waals surface area contributed by atoms with Crippen LogP contribution in [0.4, 0.5) is 11.4 Å². The molecular weight excluding hydrogens is 324 g/mol. The van der Waals surface area contributed by atoms with E-state index in [1.165, 1.54) is 10.8 Å². The van der Waals surface area contributed by atoms with Crippen LogP contribution in [0.2, 0.25) is 0 Å². The van der Waals surface area contributed by atoms with Crippen LogP contribution in [-0.4, -0.2) is 78.1 Å². The van der Waals surface area contributed by atoms with Gasteiger partial charge in [0.2, 0.25) is 0 Å². The molecule has 0 saturated carbocycles. The smallest absolute Gasteiger partial charge is 0.200 e. The maximum atomic E-state index is 4.48. The number of benzene rings is 2. The Bertz CT molecular complexity index is 822. The zero-order valence-electron chi connectivity index (χ0n) is 17.1. The van der Waals surface area contributed by atoms with Gasteiger partial charge in [0.15, 0.2) is 11.9 Å². The van der Waals surface area contributed by atoms with E-state index in [9.17, 15) is 0 Å². The number of aliphatic imine (C=N–C) groups is 2. The van der Waals surface area contributed by atoms with Gasteiger partial charge in [-0.05, 0) is 11.5 Å². The summed E-state index contributed by atoms with van der Waals surface area (Å²) in [6.45, 7) is 0. The van der Waals surface area contributed by atoms with E-state index in [-0.39, 0.29) is 0 Å². The van der Waals surface area contributed by atoms with Crippen LogP contribution >= 0.6 is 0 Å². The molecular formula is C20H30N6. The minimum Gasteiger partial charge on any atom is -0.349 e. The van der Waals surface area contributed by atoms with E-state index >= 15 is 0 Å². The fourth-order valence-electron chi connectivity index (χ4n) is 3.37. The van der Waals surface area contributed by atoms with Crippen molar-refractivity contribution in [2.75, 3.05) is 66.2 Å². The van der Waals surface area contributed by atoms with Crippen molar-refractivity contribution >= 4 is 34.1 Å². The van der Waals surface area contributed by atoms with Gasteiger partial charge in [-0.15, -0.1) is 0 Å². The normalized spacial score (nSPS) is 12.3.